The number of rotatable bonds is 6. The first-order valence-corrected chi connectivity index (χ1v) is 7.67. The van der Waals surface area contributed by atoms with Crippen molar-refractivity contribution in [2.24, 2.45) is 0 Å². The van der Waals surface area contributed by atoms with Gasteiger partial charge in [-0.3, -0.25) is 10.1 Å². The Kier molecular flexibility index (Phi) is 5.41. The molecule has 0 saturated carbocycles. The highest BCUT2D eigenvalue weighted by Gasteiger charge is 2.16. The van der Waals surface area contributed by atoms with Crippen LogP contribution in [0.15, 0.2) is 30.3 Å². The second-order valence-electron chi connectivity index (χ2n) is 5.03. The fourth-order valence-electron chi connectivity index (χ4n) is 1.60. The molecule has 1 heterocycles. The summed E-state index contributed by atoms with van der Waals surface area (Å²) in [6, 6.07) is 9.76. The second kappa shape index (κ2) is 7.28. The third-order valence-corrected chi connectivity index (χ3v) is 4.02. The molecule has 21 heavy (non-hydrogen) atoms. The van der Waals surface area contributed by atoms with E-state index in [1.165, 1.54) is 11.3 Å². The van der Waals surface area contributed by atoms with Crippen molar-refractivity contribution < 1.29 is 9.53 Å². The van der Waals surface area contributed by atoms with Gasteiger partial charge in [-0.15, -0.1) is 10.2 Å². The normalized spacial score (nSPS) is 12.4. The van der Waals surface area contributed by atoms with Gasteiger partial charge in [-0.2, -0.15) is 0 Å². The number of ether oxygens (including phenoxy) is 1. The molecule has 1 unspecified atom stereocenters. The molecule has 1 atom stereocenters. The van der Waals surface area contributed by atoms with E-state index in [2.05, 4.69) is 15.5 Å². The van der Waals surface area contributed by atoms with Crippen LogP contribution in [-0.4, -0.2) is 22.2 Å². The zero-order valence-corrected chi connectivity index (χ0v) is 13.2. The maximum absolute atomic E-state index is 12.0. The summed E-state index contributed by atoms with van der Waals surface area (Å²) in [5.41, 5.74) is 1.04. The minimum Gasteiger partial charge on any atom is -0.364 e. The van der Waals surface area contributed by atoms with Crippen LogP contribution in [0.3, 0.4) is 0 Å². The standard InChI is InChI=1S/C15H19N3O2S/c1-10(2)14-17-18-15(21-14)16-13(19)11(3)20-9-12-7-5-4-6-8-12/h4-8,10-11H,9H2,1-3H3,(H,16,18,19). The molecule has 0 saturated heterocycles. The Labute approximate surface area is 128 Å². The smallest absolute Gasteiger partial charge is 0.255 e. The summed E-state index contributed by atoms with van der Waals surface area (Å²) in [5.74, 6) is 0.0947. The van der Waals surface area contributed by atoms with Crippen molar-refractivity contribution in [3.05, 3.63) is 40.9 Å². The molecule has 0 bridgehead atoms. The van der Waals surface area contributed by atoms with Gasteiger partial charge in [0.1, 0.15) is 11.1 Å². The Morgan fingerprint density at radius 2 is 1.95 bits per heavy atom. The summed E-state index contributed by atoms with van der Waals surface area (Å²) in [4.78, 5) is 12.0. The molecule has 1 aromatic heterocycles. The Morgan fingerprint density at radius 3 is 2.57 bits per heavy atom. The van der Waals surface area contributed by atoms with E-state index in [4.69, 9.17) is 4.74 Å². The lowest BCUT2D eigenvalue weighted by Crippen LogP contribution is -2.27. The van der Waals surface area contributed by atoms with E-state index in [1.54, 1.807) is 6.92 Å². The van der Waals surface area contributed by atoms with Crippen LogP contribution in [0.5, 0.6) is 0 Å². The first-order valence-electron chi connectivity index (χ1n) is 6.86. The van der Waals surface area contributed by atoms with Gasteiger partial charge in [0.15, 0.2) is 0 Å². The van der Waals surface area contributed by atoms with Crippen LogP contribution < -0.4 is 5.32 Å². The van der Waals surface area contributed by atoms with E-state index in [1.807, 2.05) is 44.2 Å². The van der Waals surface area contributed by atoms with E-state index in [9.17, 15) is 4.79 Å². The van der Waals surface area contributed by atoms with E-state index < -0.39 is 6.10 Å². The van der Waals surface area contributed by atoms with Crippen molar-refractivity contribution in [2.45, 2.75) is 39.4 Å². The van der Waals surface area contributed by atoms with Crippen LogP contribution in [0.4, 0.5) is 5.13 Å². The molecular formula is C15H19N3O2S. The number of amides is 1. The van der Waals surface area contributed by atoms with Crippen LogP contribution in [0.25, 0.3) is 0 Å². The molecule has 6 heteroatoms. The van der Waals surface area contributed by atoms with Crippen LogP contribution in [-0.2, 0) is 16.1 Å². The van der Waals surface area contributed by atoms with Crippen LogP contribution in [0.1, 0.15) is 37.3 Å². The molecule has 2 rings (SSSR count). The predicted octanol–water partition coefficient (Wildman–Crippen LogP) is 3.21. The van der Waals surface area contributed by atoms with Crippen LogP contribution >= 0.6 is 11.3 Å². The summed E-state index contributed by atoms with van der Waals surface area (Å²) in [7, 11) is 0. The molecule has 0 aliphatic carbocycles. The van der Waals surface area contributed by atoms with Gasteiger partial charge in [0, 0.05) is 5.92 Å². The zero-order chi connectivity index (χ0) is 15.2. The summed E-state index contributed by atoms with van der Waals surface area (Å²) in [5, 5.41) is 12.1. The third kappa shape index (κ3) is 4.61. The highest BCUT2D eigenvalue weighted by atomic mass is 32.1. The van der Waals surface area contributed by atoms with Gasteiger partial charge in [0.25, 0.3) is 5.91 Å². The summed E-state index contributed by atoms with van der Waals surface area (Å²) < 4.78 is 5.56. The molecule has 0 spiro atoms. The first kappa shape index (κ1) is 15.6. The SMILES string of the molecule is CC(OCc1ccccc1)C(=O)Nc1nnc(C(C)C)s1. The van der Waals surface area contributed by atoms with Crippen molar-refractivity contribution in [1.29, 1.82) is 0 Å². The van der Waals surface area contributed by atoms with Gasteiger partial charge in [0.2, 0.25) is 5.13 Å². The van der Waals surface area contributed by atoms with Gasteiger partial charge in [-0.25, -0.2) is 0 Å². The molecule has 0 fully saturated rings. The number of nitrogens with one attached hydrogen (secondary N) is 1. The number of nitrogens with zero attached hydrogens (tertiary/aromatic N) is 2. The van der Waals surface area contributed by atoms with Crippen molar-refractivity contribution in [3.63, 3.8) is 0 Å². The Hall–Kier alpha value is -1.79. The minimum atomic E-state index is -0.545. The zero-order valence-electron chi connectivity index (χ0n) is 12.4. The molecule has 1 aromatic carbocycles. The lowest BCUT2D eigenvalue weighted by atomic mass is 10.2. The third-order valence-electron chi connectivity index (χ3n) is 2.88. The van der Waals surface area contributed by atoms with E-state index in [-0.39, 0.29) is 5.91 Å². The lowest BCUT2D eigenvalue weighted by Gasteiger charge is -2.11. The average molecular weight is 305 g/mol. The van der Waals surface area contributed by atoms with Gasteiger partial charge < -0.3 is 4.74 Å². The number of aromatic nitrogens is 2. The van der Waals surface area contributed by atoms with Crippen molar-refractivity contribution >= 4 is 22.4 Å². The molecule has 1 amide bonds. The average Bonchev–Trinajstić information content (AvgIpc) is 2.94. The largest absolute Gasteiger partial charge is 0.364 e. The number of hydrogen-bond donors (Lipinski definition) is 1. The first-order chi connectivity index (χ1) is 10.1. The molecule has 0 radical (unpaired) electrons. The number of hydrogen-bond acceptors (Lipinski definition) is 5. The van der Waals surface area contributed by atoms with Crippen molar-refractivity contribution in [1.82, 2.24) is 10.2 Å². The number of carbonyl (C=O) groups excluding carboxylic acids is 1. The number of carbonyl (C=O) groups is 1. The minimum absolute atomic E-state index is 0.211. The molecule has 2 aromatic rings. The Morgan fingerprint density at radius 1 is 1.24 bits per heavy atom. The summed E-state index contributed by atoms with van der Waals surface area (Å²) in [6.07, 6.45) is -0.545. The van der Waals surface area contributed by atoms with Crippen molar-refractivity contribution in [2.75, 3.05) is 5.32 Å². The number of anilines is 1. The molecule has 112 valence electrons. The van der Waals surface area contributed by atoms with Crippen LogP contribution in [0, 0.1) is 0 Å². The summed E-state index contributed by atoms with van der Waals surface area (Å²) in [6.45, 7) is 6.21. The highest BCUT2D eigenvalue weighted by molar-refractivity contribution is 7.15. The van der Waals surface area contributed by atoms with Gasteiger partial charge in [0.05, 0.1) is 6.61 Å². The fourth-order valence-corrected chi connectivity index (χ4v) is 2.35. The molecule has 0 aliphatic heterocycles. The van der Waals surface area contributed by atoms with E-state index >= 15 is 0 Å². The van der Waals surface area contributed by atoms with Crippen molar-refractivity contribution in [3.8, 4) is 0 Å². The molecule has 5 nitrogen and oxygen atoms in total. The highest BCUT2D eigenvalue weighted by Crippen LogP contribution is 2.22. The fraction of sp³-hybridized carbons (Fsp3) is 0.400. The molecule has 1 N–H and O–H groups in total. The maximum atomic E-state index is 12.0. The quantitative estimate of drug-likeness (QED) is 0.890. The topological polar surface area (TPSA) is 64.1 Å². The predicted molar refractivity (Wildman–Crippen MR) is 83.3 cm³/mol. The van der Waals surface area contributed by atoms with Gasteiger partial charge >= 0.3 is 0 Å². The van der Waals surface area contributed by atoms with Gasteiger partial charge in [-0.05, 0) is 12.5 Å². The molecular weight excluding hydrogens is 286 g/mol. The molecule has 0 aliphatic rings. The second-order valence-corrected chi connectivity index (χ2v) is 6.04. The van der Waals surface area contributed by atoms with E-state index in [0.29, 0.717) is 17.7 Å². The number of benzene rings is 1. The Balaban J connectivity index is 1.84. The van der Waals surface area contributed by atoms with E-state index in [0.717, 1.165) is 10.6 Å². The Bertz CT molecular complexity index is 584. The lowest BCUT2D eigenvalue weighted by molar-refractivity contribution is -0.127. The monoisotopic (exact) mass is 305 g/mol. The van der Waals surface area contributed by atoms with Gasteiger partial charge in [-0.1, -0.05) is 55.5 Å². The summed E-state index contributed by atoms with van der Waals surface area (Å²) >= 11 is 1.39. The van der Waals surface area contributed by atoms with Crippen LogP contribution in [0.2, 0.25) is 0 Å². The maximum Gasteiger partial charge on any atom is 0.255 e.